The molecule has 0 saturated carbocycles. The second-order valence-corrected chi connectivity index (χ2v) is 8.10. The lowest BCUT2D eigenvalue weighted by atomic mass is 9.87. The molecule has 1 fully saturated rings. The van der Waals surface area contributed by atoms with Crippen molar-refractivity contribution in [2.75, 3.05) is 13.1 Å². The molecule has 3 nitrogen and oxygen atoms in total. The summed E-state index contributed by atoms with van der Waals surface area (Å²) in [4.78, 5) is 14.3. The van der Waals surface area contributed by atoms with E-state index in [-0.39, 0.29) is 11.5 Å². The molecule has 140 valence electrons. The highest BCUT2D eigenvalue weighted by Crippen LogP contribution is 2.38. The number of likely N-dealkylation sites (tertiary alicyclic amines) is 1. The van der Waals surface area contributed by atoms with Crippen LogP contribution in [0.3, 0.4) is 0 Å². The summed E-state index contributed by atoms with van der Waals surface area (Å²) < 4.78 is 6.44. The number of carbonyl (C=O) groups excluding carboxylic acids is 1. The molecule has 27 heavy (non-hydrogen) atoms. The summed E-state index contributed by atoms with van der Waals surface area (Å²) in [5.74, 6) is 1.62. The van der Waals surface area contributed by atoms with Crippen molar-refractivity contribution in [2.45, 2.75) is 38.7 Å². The topological polar surface area (TPSA) is 29.5 Å². The van der Waals surface area contributed by atoms with Crippen molar-refractivity contribution in [3.05, 3.63) is 60.2 Å². The van der Waals surface area contributed by atoms with Crippen LogP contribution in [0, 0.1) is 5.92 Å². The predicted octanol–water partition coefficient (Wildman–Crippen LogP) is 5.17. The fraction of sp³-hybridized carbons (Fsp3) is 0.375. The fourth-order valence-corrected chi connectivity index (χ4v) is 3.96. The number of ether oxygens (including phenoxy) is 1. The molecule has 0 atom stereocenters. The maximum absolute atomic E-state index is 12.3. The standard InChI is InChI=1S/C24H27NO2/c1-18(2)16-23(26)25-14-12-24(13-15-25)11-10-21-17-20(8-9-22(21)27-24)19-6-4-3-5-7-19/h3-11,17-18H,12-16H2,1-2H3. The number of fused-ring (bicyclic) bond motifs is 1. The van der Waals surface area contributed by atoms with E-state index in [2.05, 4.69) is 68.5 Å². The minimum atomic E-state index is -0.268. The van der Waals surface area contributed by atoms with Crippen molar-refractivity contribution >= 4 is 12.0 Å². The summed E-state index contributed by atoms with van der Waals surface area (Å²) in [7, 11) is 0. The third-order valence-corrected chi connectivity index (χ3v) is 5.54. The lowest BCUT2D eigenvalue weighted by Crippen LogP contribution is -2.49. The molecule has 2 aromatic carbocycles. The molecule has 2 heterocycles. The van der Waals surface area contributed by atoms with Gasteiger partial charge in [-0.2, -0.15) is 0 Å². The molecule has 4 rings (SSSR count). The Bertz CT molecular complexity index is 846. The van der Waals surface area contributed by atoms with Crippen LogP contribution in [0.4, 0.5) is 0 Å². The fourth-order valence-electron chi connectivity index (χ4n) is 3.96. The van der Waals surface area contributed by atoms with Gasteiger partial charge in [0, 0.05) is 37.9 Å². The minimum Gasteiger partial charge on any atom is -0.482 e. The van der Waals surface area contributed by atoms with E-state index in [1.165, 1.54) is 11.1 Å². The van der Waals surface area contributed by atoms with Gasteiger partial charge in [-0.05, 0) is 35.3 Å². The summed E-state index contributed by atoms with van der Waals surface area (Å²) in [5.41, 5.74) is 3.27. The molecule has 2 aliphatic rings. The smallest absolute Gasteiger partial charge is 0.222 e. The second-order valence-electron chi connectivity index (χ2n) is 8.10. The van der Waals surface area contributed by atoms with Crippen molar-refractivity contribution in [3.63, 3.8) is 0 Å². The quantitative estimate of drug-likeness (QED) is 0.755. The number of rotatable bonds is 3. The first-order valence-corrected chi connectivity index (χ1v) is 9.90. The number of piperidine rings is 1. The number of benzene rings is 2. The Hall–Kier alpha value is -2.55. The first-order valence-electron chi connectivity index (χ1n) is 9.90. The van der Waals surface area contributed by atoms with Gasteiger partial charge in [-0.3, -0.25) is 4.79 Å². The minimum absolute atomic E-state index is 0.268. The number of amides is 1. The van der Waals surface area contributed by atoms with Crippen LogP contribution in [0.5, 0.6) is 5.75 Å². The van der Waals surface area contributed by atoms with Gasteiger partial charge in [-0.1, -0.05) is 56.3 Å². The van der Waals surface area contributed by atoms with Crippen molar-refractivity contribution in [2.24, 2.45) is 5.92 Å². The number of hydrogen-bond donors (Lipinski definition) is 0. The molecule has 0 unspecified atom stereocenters. The molecule has 0 aliphatic carbocycles. The van der Waals surface area contributed by atoms with Crippen LogP contribution < -0.4 is 4.74 Å². The van der Waals surface area contributed by atoms with Crippen molar-refractivity contribution in [3.8, 4) is 16.9 Å². The van der Waals surface area contributed by atoms with E-state index < -0.39 is 0 Å². The Labute approximate surface area is 161 Å². The summed E-state index contributed by atoms with van der Waals surface area (Å²) in [5, 5.41) is 0. The van der Waals surface area contributed by atoms with Gasteiger partial charge in [-0.25, -0.2) is 0 Å². The highest BCUT2D eigenvalue weighted by Gasteiger charge is 2.37. The zero-order valence-electron chi connectivity index (χ0n) is 16.2. The Balaban J connectivity index is 1.47. The van der Waals surface area contributed by atoms with Gasteiger partial charge < -0.3 is 9.64 Å². The van der Waals surface area contributed by atoms with E-state index in [1.54, 1.807) is 0 Å². The molecule has 3 heteroatoms. The summed E-state index contributed by atoms with van der Waals surface area (Å²) in [6, 6.07) is 16.8. The van der Waals surface area contributed by atoms with E-state index in [1.807, 2.05) is 11.0 Å². The molecule has 0 radical (unpaired) electrons. The third-order valence-electron chi connectivity index (χ3n) is 5.54. The second kappa shape index (κ2) is 7.22. The van der Waals surface area contributed by atoms with Crippen molar-refractivity contribution in [1.29, 1.82) is 0 Å². The highest BCUT2D eigenvalue weighted by atomic mass is 16.5. The maximum Gasteiger partial charge on any atom is 0.222 e. The van der Waals surface area contributed by atoms with E-state index >= 15 is 0 Å². The average molecular weight is 361 g/mol. The van der Waals surface area contributed by atoms with Gasteiger partial charge in [0.15, 0.2) is 0 Å². The van der Waals surface area contributed by atoms with E-state index in [4.69, 9.17) is 4.74 Å². The van der Waals surface area contributed by atoms with Gasteiger partial charge in [0.25, 0.3) is 0 Å². The first-order chi connectivity index (χ1) is 13.0. The average Bonchev–Trinajstić information content (AvgIpc) is 2.68. The molecule has 1 saturated heterocycles. The van der Waals surface area contributed by atoms with Crippen LogP contribution >= 0.6 is 0 Å². The summed E-state index contributed by atoms with van der Waals surface area (Å²) >= 11 is 0. The van der Waals surface area contributed by atoms with Crippen LogP contribution in [0.1, 0.15) is 38.7 Å². The van der Waals surface area contributed by atoms with Crippen LogP contribution in [0.15, 0.2) is 54.6 Å². The van der Waals surface area contributed by atoms with Crippen LogP contribution in [-0.2, 0) is 4.79 Å². The highest BCUT2D eigenvalue weighted by molar-refractivity contribution is 5.76. The van der Waals surface area contributed by atoms with Crippen LogP contribution in [0.2, 0.25) is 0 Å². The number of hydrogen-bond acceptors (Lipinski definition) is 2. The summed E-state index contributed by atoms with van der Waals surface area (Å²) in [6.45, 7) is 5.73. The number of carbonyl (C=O) groups is 1. The molecule has 2 aliphatic heterocycles. The molecule has 2 aromatic rings. The number of nitrogens with zero attached hydrogens (tertiary/aromatic N) is 1. The first kappa shape index (κ1) is 17.8. The van der Waals surface area contributed by atoms with E-state index in [0.29, 0.717) is 12.3 Å². The lowest BCUT2D eigenvalue weighted by Gasteiger charge is -2.42. The normalized spacial score (nSPS) is 17.7. The zero-order valence-corrected chi connectivity index (χ0v) is 16.2. The van der Waals surface area contributed by atoms with Gasteiger partial charge >= 0.3 is 0 Å². The molecule has 0 bridgehead atoms. The van der Waals surface area contributed by atoms with Gasteiger partial charge in [0.05, 0.1) is 0 Å². The van der Waals surface area contributed by atoms with Crippen molar-refractivity contribution < 1.29 is 9.53 Å². The molecular formula is C24H27NO2. The Morgan fingerprint density at radius 3 is 2.52 bits per heavy atom. The zero-order chi connectivity index (χ0) is 18.9. The Morgan fingerprint density at radius 1 is 1.07 bits per heavy atom. The van der Waals surface area contributed by atoms with Crippen molar-refractivity contribution in [1.82, 2.24) is 4.90 Å². The molecule has 1 amide bonds. The van der Waals surface area contributed by atoms with E-state index in [0.717, 1.165) is 37.2 Å². The largest absolute Gasteiger partial charge is 0.482 e. The third kappa shape index (κ3) is 3.78. The Kier molecular flexibility index (Phi) is 4.77. The van der Waals surface area contributed by atoms with Gasteiger partial charge in [-0.15, -0.1) is 0 Å². The predicted molar refractivity (Wildman–Crippen MR) is 110 cm³/mol. The monoisotopic (exact) mass is 361 g/mol. The van der Waals surface area contributed by atoms with Gasteiger partial charge in [0.1, 0.15) is 11.4 Å². The van der Waals surface area contributed by atoms with E-state index in [9.17, 15) is 4.79 Å². The SMILES string of the molecule is CC(C)CC(=O)N1CCC2(C=Cc3cc(-c4ccccc4)ccc3O2)CC1. The molecular weight excluding hydrogens is 334 g/mol. The molecule has 0 aromatic heterocycles. The summed E-state index contributed by atoms with van der Waals surface area (Å²) in [6.07, 6.45) is 6.74. The Morgan fingerprint density at radius 2 is 1.81 bits per heavy atom. The molecule has 1 spiro atoms. The lowest BCUT2D eigenvalue weighted by molar-refractivity contribution is -0.134. The molecule has 0 N–H and O–H groups in total. The van der Waals surface area contributed by atoms with Crippen LogP contribution in [-0.4, -0.2) is 29.5 Å². The van der Waals surface area contributed by atoms with Gasteiger partial charge in [0.2, 0.25) is 5.91 Å². The van der Waals surface area contributed by atoms with Crippen LogP contribution in [0.25, 0.3) is 17.2 Å². The maximum atomic E-state index is 12.3.